The van der Waals surface area contributed by atoms with E-state index in [1.54, 1.807) is 36.4 Å². The van der Waals surface area contributed by atoms with Crippen LogP contribution >= 0.6 is 11.8 Å². The average Bonchev–Trinajstić information content (AvgIpc) is 2.92. The van der Waals surface area contributed by atoms with Gasteiger partial charge < -0.3 is 10.1 Å². The van der Waals surface area contributed by atoms with Crippen molar-refractivity contribution >= 4 is 39.1 Å². The van der Waals surface area contributed by atoms with Crippen LogP contribution in [0.25, 0.3) is 11.3 Å². The van der Waals surface area contributed by atoms with Crippen LogP contribution in [0.3, 0.4) is 0 Å². The number of aromatic nitrogens is 2. The van der Waals surface area contributed by atoms with E-state index in [2.05, 4.69) is 15.3 Å². The van der Waals surface area contributed by atoms with Crippen molar-refractivity contribution in [3.8, 4) is 17.0 Å². The van der Waals surface area contributed by atoms with E-state index in [0.29, 0.717) is 34.4 Å². The zero-order chi connectivity index (χ0) is 25.8. The van der Waals surface area contributed by atoms with Crippen molar-refractivity contribution in [2.24, 2.45) is 0 Å². The van der Waals surface area contributed by atoms with Crippen molar-refractivity contribution in [2.75, 3.05) is 22.0 Å². The third-order valence-electron chi connectivity index (χ3n) is 5.68. The molecule has 1 aliphatic rings. The summed E-state index contributed by atoms with van der Waals surface area (Å²) in [5.74, 6) is 0.577. The highest BCUT2D eigenvalue weighted by Crippen LogP contribution is 2.42. The zero-order valence-corrected chi connectivity index (χ0v) is 21.6. The molecule has 188 valence electrons. The van der Waals surface area contributed by atoms with Gasteiger partial charge in [0.05, 0.1) is 36.5 Å². The lowest BCUT2D eigenvalue weighted by Crippen LogP contribution is -2.34. The first kappa shape index (κ1) is 24.8. The molecule has 0 unspecified atom stereocenters. The molecule has 0 atom stereocenters. The molecule has 5 rings (SSSR count). The molecule has 0 saturated carbocycles. The maximum Gasteiger partial charge on any atom is 0.268 e. The minimum absolute atomic E-state index is 0.0466. The van der Waals surface area contributed by atoms with Gasteiger partial charge in [0.25, 0.3) is 10.0 Å². The molecule has 2 heterocycles. The van der Waals surface area contributed by atoms with E-state index in [-0.39, 0.29) is 23.1 Å². The van der Waals surface area contributed by atoms with Crippen LogP contribution in [-0.4, -0.2) is 36.7 Å². The maximum atomic E-state index is 13.6. The van der Waals surface area contributed by atoms with Gasteiger partial charge >= 0.3 is 0 Å². The molecular formula is C27H24N4O4S2. The van der Waals surface area contributed by atoms with Crippen LogP contribution in [0.5, 0.6) is 5.75 Å². The highest BCUT2D eigenvalue weighted by atomic mass is 32.2. The number of carbonyl (C=O) groups excluding carboxylic acids is 1. The number of thioether (sulfide) groups is 1. The maximum absolute atomic E-state index is 13.6. The van der Waals surface area contributed by atoms with E-state index < -0.39 is 10.0 Å². The fourth-order valence-corrected chi connectivity index (χ4v) is 6.17. The summed E-state index contributed by atoms with van der Waals surface area (Å²) < 4.78 is 34.0. The van der Waals surface area contributed by atoms with Gasteiger partial charge in [0.15, 0.2) is 5.16 Å². The number of carbonyl (C=O) groups is 1. The van der Waals surface area contributed by atoms with Crippen molar-refractivity contribution in [2.45, 2.75) is 23.5 Å². The second-order valence-electron chi connectivity index (χ2n) is 8.17. The van der Waals surface area contributed by atoms with Gasteiger partial charge in [-0.3, -0.25) is 9.10 Å². The molecule has 10 heteroatoms. The Bertz CT molecular complexity index is 1530. The molecule has 1 aliphatic heterocycles. The Morgan fingerprint density at radius 3 is 2.49 bits per heavy atom. The monoisotopic (exact) mass is 532 g/mol. The number of rotatable bonds is 8. The van der Waals surface area contributed by atoms with Gasteiger partial charge in [-0.25, -0.2) is 18.4 Å². The topological polar surface area (TPSA) is 101 Å². The Balaban J connectivity index is 1.35. The molecular weight excluding hydrogens is 508 g/mol. The molecule has 0 fully saturated rings. The van der Waals surface area contributed by atoms with E-state index >= 15 is 0 Å². The molecule has 0 radical (unpaired) electrons. The Morgan fingerprint density at radius 1 is 1.00 bits per heavy atom. The molecule has 1 N–H and O–H groups in total. The van der Waals surface area contributed by atoms with Gasteiger partial charge in [0, 0.05) is 11.3 Å². The summed E-state index contributed by atoms with van der Waals surface area (Å²) in [4.78, 5) is 21.3. The van der Waals surface area contributed by atoms with E-state index in [1.165, 1.54) is 10.5 Å². The Hall–Kier alpha value is -3.89. The van der Waals surface area contributed by atoms with Crippen LogP contribution < -0.4 is 14.4 Å². The van der Waals surface area contributed by atoms with Crippen molar-refractivity contribution in [3.63, 3.8) is 0 Å². The summed E-state index contributed by atoms with van der Waals surface area (Å²) in [7, 11) is -3.88. The third kappa shape index (κ3) is 5.30. The second-order valence-corrected chi connectivity index (χ2v) is 10.9. The number of hydrogen-bond donors (Lipinski definition) is 1. The largest absolute Gasteiger partial charge is 0.494 e. The van der Waals surface area contributed by atoms with Gasteiger partial charge in [0.1, 0.15) is 10.6 Å². The van der Waals surface area contributed by atoms with Crippen LogP contribution in [-0.2, 0) is 21.4 Å². The van der Waals surface area contributed by atoms with Crippen LogP contribution in [0.1, 0.15) is 12.5 Å². The van der Waals surface area contributed by atoms with Gasteiger partial charge in [-0.1, -0.05) is 60.3 Å². The molecule has 4 aromatic rings. The van der Waals surface area contributed by atoms with Gasteiger partial charge in [0.2, 0.25) is 5.91 Å². The van der Waals surface area contributed by atoms with Gasteiger partial charge in [-0.05, 0) is 42.8 Å². The Kier molecular flexibility index (Phi) is 7.11. The standard InChI is InChI=1S/C27H24N4O4S2/c1-2-35-21-14-12-20(13-15-21)29-25(32)18-36-27-28-16-24-26(30-27)22-10-6-7-11-23(22)31(37(24,33)34)17-19-8-4-3-5-9-19/h3-16H,2,17-18H2,1H3,(H,29,32). The fraction of sp³-hybridized carbons (Fsp3) is 0.148. The van der Waals surface area contributed by atoms with Crippen LogP contribution in [0.15, 0.2) is 95.1 Å². The van der Waals surface area contributed by atoms with Gasteiger partial charge in [-0.2, -0.15) is 0 Å². The van der Waals surface area contributed by atoms with Gasteiger partial charge in [-0.15, -0.1) is 0 Å². The summed E-state index contributed by atoms with van der Waals surface area (Å²) in [6.45, 7) is 2.67. The average molecular weight is 533 g/mol. The highest BCUT2D eigenvalue weighted by molar-refractivity contribution is 7.99. The van der Waals surface area contributed by atoms with Crippen molar-refractivity contribution in [1.82, 2.24) is 9.97 Å². The van der Waals surface area contributed by atoms with Crippen LogP contribution in [0.2, 0.25) is 0 Å². The zero-order valence-electron chi connectivity index (χ0n) is 20.0. The molecule has 0 spiro atoms. The number of benzene rings is 3. The number of para-hydroxylation sites is 1. The molecule has 0 saturated heterocycles. The number of amides is 1. The summed E-state index contributed by atoms with van der Waals surface area (Å²) in [5.41, 5.74) is 3.12. The number of nitrogens with zero attached hydrogens (tertiary/aromatic N) is 3. The van der Waals surface area contributed by atoms with E-state index in [0.717, 1.165) is 23.1 Å². The first-order valence-corrected chi connectivity index (χ1v) is 14.1. The molecule has 0 bridgehead atoms. The van der Waals surface area contributed by atoms with Crippen LogP contribution in [0, 0.1) is 0 Å². The number of hydrogen-bond acceptors (Lipinski definition) is 7. The number of ether oxygens (including phenoxy) is 1. The van der Waals surface area contributed by atoms with E-state index in [1.807, 2.05) is 49.4 Å². The first-order chi connectivity index (χ1) is 18.0. The molecule has 8 nitrogen and oxygen atoms in total. The lowest BCUT2D eigenvalue weighted by molar-refractivity contribution is -0.113. The number of anilines is 2. The molecule has 3 aromatic carbocycles. The SMILES string of the molecule is CCOc1ccc(NC(=O)CSc2ncc3c(n2)-c2ccccc2N(Cc2ccccc2)S3(=O)=O)cc1. The molecule has 1 amide bonds. The molecule has 0 aliphatic carbocycles. The highest BCUT2D eigenvalue weighted by Gasteiger charge is 2.36. The van der Waals surface area contributed by atoms with E-state index in [9.17, 15) is 13.2 Å². The van der Waals surface area contributed by atoms with Crippen molar-refractivity contribution in [1.29, 1.82) is 0 Å². The minimum atomic E-state index is -3.88. The quantitative estimate of drug-likeness (QED) is 0.252. The number of nitrogens with one attached hydrogen (secondary N) is 1. The summed E-state index contributed by atoms with van der Waals surface area (Å²) in [5, 5.41) is 3.15. The fourth-order valence-electron chi connectivity index (χ4n) is 3.99. The normalized spacial score (nSPS) is 13.4. The number of sulfonamides is 1. The first-order valence-electron chi connectivity index (χ1n) is 11.6. The lowest BCUT2D eigenvalue weighted by Gasteiger charge is -2.31. The predicted octanol–water partition coefficient (Wildman–Crippen LogP) is 4.98. The summed E-state index contributed by atoms with van der Waals surface area (Å²) in [6, 6.07) is 23.8. The Labute approximate surface area is 219 Å². The predicted molar refractivity (Wildman–Crippen MR) is 144 cm³/mol. The number of fused-ring (bicyclic) bond motifs is 3. The second kappa shape index (κ2) is 10.6. The Morgan fingerprint density at radius 2 is 1.73 bits per heavy atom. The van der Waals surface area contributed by atoms with E-state index in [4.69, 9.17) is 4.74 Å². The summed E-state index contributed by atoms with van der Waals surface area (Å²) in [6.07, 6.45) is 1.33. The van der Waals surface area contributed by atoms with Crippen molar-refractivity contribution in [3.05, 3.63) is 90.6 Å². The summed E-state index contributed by atoms with van der Waals surface area (Å²) >= 11 is 1.14. The third-order valence-corrected chi connectivity index (χ3v) is 8.30. The van der Waals surface area contributed by atoms with Crippen molar-refractivity contribution < 1.29 is 17.9 Å². The lowest BCUT2D eigenvalue weighted by atomic mass is 10.1. The van der Waals surface area contributed by atoms with Crippen LogP contribution in [0.4, 0.5) is 11.4 Å². The molecule has 37 heavy (non-hydrogen) atoms. The molecule has 1 aromatic heterocycles. The smallest absolute Gasteiger partial charge is 0.268 e. The minimum Gasteiger partial charge on any atom is -0.494 e.